The van der Waals surface area contributed by atoms with Crippen LogP contribution in [0.2, 0.25) is 0 Å². The average Bonchev–Trinajstić information content (AvgIpc) is 3.36. The van der Waals surface area contributed by atoms with Gasteiger partial charge >= 0.3 is 6.36 Å². The molecule has 0 bridgehead atoms. The summed E-state index contributed by atoms with van der Waals surface area (Å²) in [6.07, 6.45) is -1.76. The zero-order valence-electron chi connectivity index (χ0n) is 15.9. The summed E-state index contributed by atoms with van der Waals surface area (Å²) in [4.78, 5) is 18.9. The van der Waals surface area contributed by atoms with Crippen LogP contribution in [0.1, 0.15) is 17.4 Å². The van der Waals surface area contributed by atoms with E-state index in [1.165, 1.54) is 40.4 Å². The van der Waals surface area contributed by atoms with Gasteiger partial charge in [0.05, 0.1) is 6.20 Å². The van der Waals surface area contributed by atoms with Gasteiger partial charge in [0.25, 0.3) is 5.91 Å². The first kappa shape index (κ1) is 20.4. The fraction of sp³-hybridized carbons (Fsp3) is 0.316. The van der Waals surface area contributed by atoms with E-state index in [1.807, 2.05) is 6.92 Å². The van der Waals surface area contributed by atoms with E-state index in [-0.39, 0.29) is 23.4 Å². The van der Waals surface area contributed by atoms with Crippen molar-refractivity contribution < 1.29 is 22.7 Å². The van der Waals surface area contributed by atoms with E-state index in [9.17, 15) is 18.0 Å². The lowest BCUT2D eigenvalue weighted by molar-refractivity contribution is -0.274. The average molecular weight is 437 g/mol. The van der Waals surface area contributed by atoms with Crippen LogP contribution in [0.25, 0.3) is 16.3 Å². The maximum Gasteiger partial charge on any atom is 0.573 e. The summed E-state index contributed by atoms with van der Waals surface area (Å²) in [5.74, 6) is -0.496. The monoisotopic (exact) mass is 437 g/mol. The number of aromatic nitrogens is 3. The highest BCUT2D eigenvalue weighted by atomic mass is 32.1. The number of amides is 1. The largest absolute Gasteiger partial charge is 0.573 e. The molecule has 158 valence electrons. The van der Waals surface area contributed by atoms with Crippen molar-refractivity contribution in [1.82, 2.24) is 25.0 Å². The van der Waals surface area contributed by atoms with E-state index < -0.39 is 6.36 Å². The number of thiazole rings is 1. The minimum absolute atomic E-state index is 0.137. The molecule has 3 heterocycles. The number of hydrogen-bond acceptors (Lipinski definition) is 6. The molecule has 1 atom stereocenters. The Morgan fingerprint density at radius 2 is 2.13 bits per heavy atom. The Bertz CT molecular complexity index is 1050. The van der Waals surface area contributed by atoms with Gasteiger partial charge in [0.2, 0.25) is 0 Å². The molecule has 1 saturated heterocycles. The third kappa shape index (κ3) is 4.46. The number of piperazine rings is 1. The van der Waals surface area contributed by atoms with Crippen molar-refractivity contribution in [3.63, 3.8) is 0 Å². The Kier molecular flexibility index (Phi) is 5.48. The van der Waals surface area contributed by atoms with Crippen molar-refractivity contribution in [2.75, 3.05) is 19.6 Å². The summed E-state index contributed by atoms with van der Waals surface area (Å²) in [5, 5.41) is 9.66. The SMILES string of the molecule is C[C@H]1CN(C(=O)c2csc(-c3cnn(-c4ccccc4OC(F)(F)F)c3)n2)CCN1. The van der Waals surface area contributed by atoms with Gasteiger partial charge in [-0.05, 0) is 19.1 Å². The van der Waals surface area contributed by atoms with Crippen LogP contribution in [0, 0.1) is 0 Å². The third-order valence-corrected chi connectivity index (χ3v) is 5.44. The minimum Gasteiger partial charge on any atom is -0.403 e. The lowest BCUT2D eigenvalue weighted by Crippen LogP contribution is -2.51. The molecule has 11 heteroatoms. The van der Waals surface area contributed by atoms with Crippen LogP contribution < -0.4 is 10.1 Å². The first-order valence-corrected chi connectivity index (χ1v) is 10.1. The van der Waals surface area contributed by atoms with Crippen LogP contribution in [-0.4, -0.2) is 57.6 Å². The first-order chi connectivity index (χ1) is 14.3. The number of hydrogen-bond donors (Lipinski definition) is 1. The van der Waals surface area contributed by atoms with Crippen molar-refractivity contribution in [2.45, 2.75) is 19.3 Å². The van der Waals surface area contributed by atoms with Crippen molar-refractivity contribution >= 4 is 17.2 Å². The van der Waals surface area contributed by atoms with Gasteiger partial charge in [-0.25, -0.2) is 9.67 Å². The summed E-state index contributed by atoms with van der Waals surface area (Å²) < 4.78 is 43.4. The second kappa shape index (κ2) is 8.07. The smallest absolute Gasteiger partial charge is 0.403 e. The highest BCUT2D eigenvalue weighted by Gasteiger charge is 2.32. The summed E-state index contributed by atoms with van der Waals surface area (Å²) in [6, 6.07) is 5.95. The summed E-state index contributed by atoms with van der Waals surface area (Å²) in [6.45, 7) is 3.97. The van der Waals surface area contributed by atoms with Gasteiger partial charge in [-0.2, -0.15) is 5.10 Å². The third-order valence-electron chi connectivity index (χ3n) is 4.55. The fourth-order valence-electron chi connectivity index (χ4n) is 3.21. The van der Waals surface area contributed by atoms with Crippen LogP contribution in [0.5, 0.6) is 5.75 Å². The van der Waals surface area contributed by atoms with Crippen LogP contribution in [0.4, 0.5) is 13.2 Å². The molecule has 1 aliphatic rings. The lowest BCUT2D eigenvalue weighted by atomic mass is 10.2. The Morgan fingerprint density at radius 3 is 2.90 bits per heavy atom. The van der Waals surface area contributed by atoms with Gasteiger partial charge in [-0.3, -0.25) is 4.79 Å². The van der Waals surface area contributed by atoms with Crippen molar-refractivity contribution in [2.24, 2.45) is 0 Å². The topological polar surface area (TPSA) is 72.3 Å². The van der Waals surface area contributed by atoms with E-state index in [4.69, 9.17) is 0 Å². The molecule has 0 aliphatic carbocycles. The second-order valence-electron chi connectivity index (χ2n) is 6.83. The van der Waals surface area contributed by atoms with Crippen LogP contribution in [0.3, 0.4) is 0 Å². The Balaban J connectivity index is 1.55. The second-order valence-corrected chi connectivity index (χ2v) is 7.69. The number of nitrogens with one attached hydrogen (secondary N) is 1. The van der Waals surface area contributed by atoms with E-state index in [0.717, 1.165) is 6.54 Å². The van der Waals surface area contributed by atoms with Gasteiger partial charge in [0.1, 0.15) is 16.4 Å². The lowest BCUT2D eigenvalue weighted by Gasteiger charge is -2.31. The number of carbonyl (C=O) groups excluding carboxylic acids is 1. The van der Waals surface area contributed by atoms with Gasteiger partial charge in [-0.15, -0.1) is 24.5 Å². The molecule has 0 radical (unpaired) electrons. The molecule has 1 fully saturated rings. The molecule has 30 heavy (non-hydrogen) atoms. The summed E-state index contributed by atoms with van der Waals surface area (Å²) in [5.41, 5.74) is 1.08. The molecule has 0 unspecified atom stereocenters. The summed E-state index contributed by atoms with van der Waals surface area (Å²) >= 11 is 1.28. The number of alkyl halides is 3. The van der Waals surface area contributed by atoms with E-state index in [1.54, 1.807) is 22.5 Å². The maximum absolute atomic E-state index is 12.7. The molecular weight excluding hydrogens is 419 g/mol. The van der Waals surface area contributed by atoms with Gasteiger partial charge in [0, 0.05) is 42.8 Å². The predicted molar refractivity (Wildman–Crippen MR) is 105 cm³/mol. The van der Waals surface area contributed by atoms with Crippen LogP contribution in [0.15, 0.2) is 42.0 Å². The number of rotatable bonds is 4. The molecule has 1 amide bonds. The number of carbonyl (C=O) groups is 1. The fourth-order valence-corrected chi connectivity index (χ4v) is 3.98. The molecule has 3 aromatic rings. The molecule has 1 aromatic carbocycles. The molecule has 0 spiro atoms. The molecule has 4 rings (SSSR count). The molecule has 0 saturated carbocycles. The zero-order chi connectivity index (χ0) is 21.3. The van der Waals surface area contributed by atoms with E-state index in [0.29, 0.717) is 29.4 Å². The molecule has 7 nitrogen and oxygen atoms in total. The van der Waals surface area contributed by atoms with E-state index >= 15 is 0 Å². The summed E-state index contributed by atoms with van der Waals surface area (Å²) in [7, 11) is 0. The predicted octanol–water partition coefficient (Wildman–Crippen LogP) is 3.33. The normalized spacial score (nSPS) is 17.2. The molecule has 1 aliphatic heterocycles. The van der Waals surface area contributed by atoms with Crippen LogP contribution >= 0.6 is 11.3 Å². The van der Waals surface area contributed by atoms with Crippen molar-refractivity contribution in [3.8, 4) is 22.0 Å². The Hall–Kier alpha value is -2.92. The van der Waals surface area contributed by atoms with Gasteiger partial charge in [0.15, 0.2) is 5.75 Å². The molecular formula is C19H18F3N5O2S. The first-order valence-electron chi connectivity index (χ1n) is 9.18. The maximum atomic E-state index is 12.7. The number of benzene rings is 1. The number of halogens is 3. The van der Waals surface area contributed by atoms with E-state index in [2.05, 4.69) is 20.1 Å². The molecule has 2 aromatic heterocycles. The van der Waals surface area contributed by atoms with Crippen LogP contribution in [-0.2, 0) is 0 Å². The van der Waals surface area contributed by atoms with Crippen molar-refractivity contribution in [1.29, 1.82) is 0 Å². The highest BCUT2D eigenvalue weighted by molar-refractivity contribution is 7.13. The van der Waals surface area contributed by atoms with Gasteiger partial charge < -0.3 is 15.0 Å². The quantitative estimate of drug-likeness (QED) is 0.678. The molecule has 1 N–H and O–H groups in total. The highest BCUT2D eigenvalue weighted by Crippen LogP contribution is 2.30. The zero-order valence-corrected chi connectivity index (χ0v) is 16.7. The van der Waals surface area contributed by atoms with Crippen molar-refractivity contribution in [3.05, 3.63) is 47.7 Å². The number of ether oxygens (including phenoxy) is 1. The number of nitrogens with zero attached hydrogens (tertiary/aromatic N) is 4. The minimum atomic E-state index is -4.81. The Labute approximate surface area is 174 Å². The van der Waals surface area contributed by atoms with Gasteiger partial charge in [-0.1, -0.05) is 12.1 Å². The standard InChI is InChI=1S/C19H18F3N5O2S/c1-12-9-26(7-6-23-12)18(28)14-11-30-17(25-14)13-8-24-27(10-13)15-4-2-3-5-16(15)29-19(20,21)22/h2-5,8,10-12,23H,6-7,9H2,1H3/t12-/m0/s1. The Morgan fingerprint density at radius 1 is 1.33 bits per heavy atom. The number of para-hydroxylation sites is 2.